The van der Waals surface area contributed by atoms with Gasteiger partial charge in [-0.2, -0.15) is 0 Å². The molecule has 1 aliphatic heterocycles. The number of aromatic nitrogens is 3. The van der Waals surface area contributed by atoms with Gasteiger partial charge in [0.1, 0.15) is 29.5 Å². The van der Waals surface area contributed by atoms with E-state index < -0.39 is 0 Å². The van der Waals surface area contributed by atoms with Crippen molar-refractivity contribution in [2.75, 3.05) is 7.11 Å². The van der Waals surface area contributed by atoms with Crippen molar-refractivity contribution in [3.63, 3.8) is 0 Å². The molecule has 0 radical (unpaired) electrons. The number of methoxy groups -OCH3 is 1. The number of hydrogen-bond donors (Lipinski definition) is 0. The number of rotatable bonds is 7. The van der Waals surface area contributed by atoms with Crippen molar-refractivity contribution in [2.24, 2.45) is 0 Å². The third-order valence-corrected chi connectivity index (χ3v) is 5.66. The van der Waals surface area contributed by atoms with Crippen LogP contribution in [0.1, 0.15) is 19.2 Å². The van der Waals surface area contributed by atoms with Gasteiger partial charge in [0.2, 0.25) is 0 Å². The summed E-state index contributed by atoms with van der Waals surface area (Å²) in [6.45, 7) is 2.13. The minimum Gasteiger partial charge on any atom is -0.497 e. The number of thioether (sulfide) groups is 1. The lowest BCUT2D eigenvalue weighted by Gasteiger charge is -2.12. The van der Waals surface area contributed by atoms with E-state index in [9.17, 15) is 4.79 Å². The Morgan fingerprint density at radius 3 is 2.48 bits per heavy atom. The second-order valence-electron chi connectivity index (χ2n) is 6.62. The molecular weight excluding hydrogens is 390 g/mol. The smallest absolute Gasteiger partial charge is 0.319 e. The van der Waals surface area contributed by atoms with Gasteiger partial charge in [-0.25, -0.2) is 0 Å². The van der Waals surface area contributed by atoms with Crippen molar-refractivity contribution in [3.8, 4) is 17.2 Å². The minimum atomic E-state index is -0.285. The second-order valence-corrected chi connectivity index (χ2v) is 7.79. The molecule has 2 aromatic carbocycles. The molecule has 150 valence electrons. The molecule has 0 bridgehead atoms. The maximum Gasteiger partial charge on any atom is 0.319 e. The Morgan fingerprint density at radius 2 is 1.83 bits per heavy atom. The first-order chi connectivity index (χ1) is 14.1. The molecule has 1 fully saturated rings. The van der Waals surface area contributed by atoms with Gasteiger partial charge in [0.15, 0.2) is 11.0 Å². The van der Waals surface area contributed by atoms with E-state index in [-0.39, 0.29) is 23.9 Å². The van der Waals surface area contributed by atoms with Crippen molar-refractivity contribution in [2.45, 2.75) is 36.5 Å². The number of nitrogens with zero attached hydrogens (tertiary/aromatic N) is 3. The predicted molar refractivity (Wildman–Crippen MR) is 109 cm³/mol. The molecule has 0 aliphatic carbocycles. The average molecular weight is 411 g/mol. The Balaban J connectivity index is 1.58. The Labute approximate surface area is 173 Å². The average Bonchev–Trinajstić information content (AvgIpc) is 3.29. The second kappa shape index (κ2) is 8.57. The molecule has 8 heteroatoms. The summed E-state index contributed by atoms with van der Waals surface area (Å²) >= 11 is 1.37. The van der Waals surface area contributed by atoms with Gasteiger partial charge in [-0.3, -0.25) is 9.36 Å². The van der Waals surface area contributed by atoms with Gasteiger partial charge in [-0.1, -0.05) is 30.0 Å². The summed E-state index contributed by atoms with van der Waals surface area (Å²) in [6, 6.07) is 17.1. The third kappa shape index (κ3) is 4.37. The van der Waals surface area contributed by atoms with E-state index in [1.165, 1.54) is 11.8 Å². The molecule has 29 heavy (non-hydrogen) atoms. The predicted octanol–water partition coefficient (Wildman–Crippen LogP) is 3.65. The Bertz CT molecular complexity index is 975. The van der Waals surface area contributed by atoms with Gasteiger partial charge in [0, 0.05) is 12.1 Å². The fraction of sp³-hybridized carbons (Fsp3) is 0.286. The third-order valence-electron chi connectivity index (χ3n) is 4.52. The fourth-order valence-corrected chi connectivity index (χ4v) is 4.25. The summed E-state index contributed by atoms with van der Waals surface area (Å²) in [5.74, 6) is 1.91. The summed E-state index contributed by atoms with van der Waals surface area (Å²) in [7, 11) is 1.62. The van der Waals surface area contributed by atoms with E-state index in [1.807, 2.05) is 66.1 Å². The van der Waals surface area contributed by atoms with E-state index in [1.54, 1.807) is 7.11 Å². The first-order valence-corrected chi connectivity index (χ1v) is 10.2. The molecule has 0 N–H and O–H groups in total. The Kier molecular flexibility index (Phi) is 5.71. The monoisotopic (exact) mass is 411 g/mol. The first kappa shape index (κ1) is 19.3. The first-order valence-electron chi connectivity index (χ1n) is 9.28. The zero-order valence-electron chi connectivity index (χ0n) is 16.1. The van der Waals surface area contributed by atoms with E-state index in [0.29, 0.717) is 23.2 Å². The van der Waals surface area contributed by atoms with Gasteiger partial charge >= 0.3 is 5.97 Å². The van der Waals surface area contributed by atoms with Gasteiger partial charge in [0.25, 0.3) is 0 Å². The molecule has 1 aliphatic rings. The lowest BCUT2D eigenvalue weighted by Crippen LogP contribution is -2.12. The van der Waals surface area contributed by atoms with Crippen molar-refractivity contribution in [1.29, 1.82) is 0 Å². The largest absolute Gasteiger partial charge is 0.497 e. The number of ether oxygens (including phenoxy) is 3. The highest BCUT2D eigenvalue weighted by Crippen LogP contribution is 2.33. The molecule has 0 spiro atoms. The number of para-hydroxylation sites is 1. The van der Waals surface area contributed by atoms with Crippen LogP contribution in [0.3, 0.4) is 0 Å². The van der Waals surface area contributed by atoms with Crippen LogP contribution in [0.5, 0.6) is 11.5 Å². The maximum absolute atomic E-state index is 12.1. The lowest BCUT2D eigenvalue weighted by molar-refractivity contribution is -0.140. The highest BCUT2D eigenvalue weighted by molar-refractivity contribution is 8.00. The Morgan fingerprint density at radius 1 is 1.10 bits per heavy atom. The summed E-state index contributed by atoms with van der Waals surface area (Å²) in [5.41, 5.74) is 0.910. The SMILES string of the molecule is COc1ccc(OCc2nnc(SC3CC(C)OC3=O)n2-c2ccccc2)cc1. The van der Waals surface area contributed by atoms with E-state index in [2.05, 4.69) is 10.2 Å². The van der Waals surface area contributed by atoms with Crippen LogP contribution in [0.25, 0.3) is 5.69 Å². The van der Waals surface area contributed by atoms with Crippen LogP contribution in [0.4, 0.5) is 0 Å². The topological polar surface area (TPSA) is 75.5 Å². The van der Waals surface area contributed by atoms with Gasteiger partial charge in [-0.15, -0.1) is 10.2 Å². The zero-order chi connectivity index (χ0) is 20.2. The summed E-state index contributed by atoms with van der Waals surface area (Å²) in [5, 5.41) is 9.00. The molecule has 0 amide bonds. The molecule has 2 atom stereocenters. The molecule has 1 saturated heterocycles. The molecule has 1 aromatic heterocycles. The van der Waals surface area contributed by atoms with Crippen LogP contribution in [0.15, 0.2) is 59.8 Å². The molecular formula is C21H21N3O4S. The van der Waals surface area contributed by atoms with Crippen LogP contribution >= 0.6 is 11.8 Å². The van der Waals surface area contributed by atoms with Gasteiger partial charge < -0.3 is 14.2 Å². The molecule has 2 unspecified atom stereocenters. The van der Waals surface area contributed by atoms with Crippen molar-refractivity contribution >= 4 is 17.7 Å². The van der Waals surface area contributed by atoms with Crippen molar-refractivity contribution in [3.05, 3.63) is 60.4 Å². The number of carbonyl (C=O) groups is 1. The summed E-state index contributed by atoms with van der Waals surface area (Å²) < 4.78 is 18.3. The van der Waals surface area contributed by atoms with E-state index in [0.717, 1.165) is 11.4 Å². The highest BCUT2D eigenvalue weighted by Gasteiger charge is 2.34. The van der Waals surface area contributed by atoms with Crippen LogP contribution in [-0.4, -0.2) is 39.2 Å². The highest BCUT2D eigenvalue weighted by atomic mass is 32.2. The number of esters is 1. The number of carbonyl (C=O) groups excluding carboxylic acids is 1. The van der Waals surface area contributed by atoms with Gasteiger partial charge in [-0.05, 0) is 43.3 Å². The molecule has 7 nitrogen and oxygen atoms in total. The lowest BCUT2D eigenvalue weighted by atomic mass is 10.3. The number of benzene rings is 2. The van der Waals surface area contributed by atoms with Crippen LogP contribution in [0, 0.1) is 0 Å². The standard InChI is InChI=1S/C21H21N3O4S/c1-14-12-18(20(25)28-14)29-21-23-22-19(24(21)15-6-4-3-5-7-15)13-27-17-10-8-16(26-2)9-11-17/h3-11,14,18H,12-13H2,1-2H3. The molecule has 4 rings (SSSR count). The quantitative estimate of drug-likeness (QED) is 0.549. The van der Waals surface area contributed by atoms with Crippen molar-refractivity contribution < 1.29 is 19.0 Å². The molecule has 2 heterocycles. The van der Waals surface area contributed by atoms with Crippen molar-refractivity contribution in [1.82, 2.24) is 14.8 Å². The summed E-state index contributed by atoms with van der Waals surface area (Å²) in [6.07, 6.45) is 0.578. The van der Waals surface area contributed by atoms with Crippen LogP contribution in [-0.2, 0) is 16.1 Å². The van der Waals surface area contributed by atoms with E-state index in [4.69, 9.17) is 14.2 Å². The fourth-order valence-electron chi connectivity index (χ4n) is 3.07. The van der Waals surface area contributed by atoms with Crippen LogP contribution < -0.4 is 9.47 Å². The molecule has 3 aromatic rings. The van der Waals surface area contributed by atoms with E-state index >= 15 is 0 Å². The number of hydrogen-bond acceptors (Lipinski definition) is 7. The molecule has 0 saturated carbocycles. The Hall–Kier alpha value is -3.00. The summed E-state index contributed by atoms with van der Waals surface area (Å²) in [4.78, 5) is 12.1. The zero-order valence-corrected chi connectivity index (χ0v) is 17.0. The normalized spacial score (nSPS) is 18.5. The van der Waals surface area contributed by atoms with Crippen LogP contribution in [0.2, 0.25) is 0 Å². The minimum absolute atomic E-state index is 0.0778. The number of cyclic esters (lactones) is 1. The van der Waals surface area contributed by atoms with Gasteiger partial charge in [0.05, 0.1) is 7.11 Å². The maximum atomic E-state index is 12.1.